The van der Waals surface area contributed by atoms with Crippen molar-refractivity contribution in [3.63, 3.8) is 0 Å². The number of carbonyl (C=O) groups is 3. The van der Waals surface area contributed by atoms with Crippen molar-refractivity contribution in [1.82, 2.24) is 10.3 Å². The molecule has 8 nitrogen and oxygen atoms in total. The predicted molar refractivity (Wildman–Crippen MR) is 139 cm³/mol. The Bertz CT molecular complexity index is 1130. The fraction of sp³-hybridized carbons (Fsp3) is 0.500. The van der Waals surface area contributed by atoms with Crippen LogP contribution in [0.5, 0.6) is 0 Å². The van der Waals surface area contributed by atoms with E-state index < -0.39 is 5.91 Å². The van der Waals surface area contributed by atoms with Gasteiger partial charge in [0.2, 0.25) is 0 Å². The predicted octanol–water partition coefficient (Wildman–Crippen LogP) is 4.06. The van der Waals surface area contributed by atoms with Crippen molar-refractivity contribution in [1.29, 1.82) is 0 Å². The first-order chi connectivity index (χ1) is 17.4. The molecule has 2 aromatic rings. The highest BCUT2D eigenvalue weighted by Crippen LogP contribution is 2.38. The average Bonchev–Trinajstić information content (AvgIpc) is 3.14. The van der Waals surface area contributed by atoms with Gasteiger partial charge in [-0.1, -0.05) is 19.3 Å². The highest BCUT2D eigenvalue weighted by atomic mass is 16.2. The lowest BCUT2D eigenvalue weighted by atomic mass is 9.94. The Morgan fingerprint density at radius 3 is 2.22 bits per heavy atom. The number of aromatic nitrogens is 1. The number of nitrogens with two attached hydrogens (primary N) is 1. The first-order valence-electron chi connectivity index (χ1n) is 13.2. The molecule has 190 valence electrons. The third-order valence-electron chi connectivity index (χ3n) is 8.00. The molecule has 5 rings (SSSR count). The smallest absolute Gasteiger partial charge is 0.251 e. The van der Waals surface area contributed by atoms with Crippen LogP contribution in [0.4, 0.5) is 11.5 Å². The number of pyridine rings is 1. The molecular formula is C28H35N5O3. The second-order valence-corrected chi connectivity index (χ2v) is 10.5. The molecule has 1 aromatic heterocycles. The summed E-state index contributed by atoms with van der Waals surface area (Å²) in [5.74, 6) is 0.297. The van der Waals surface area contributed by atoms with E-state index in [0.717, 1.165) is 44.3 Å². The Hall–Kier alpha value is -3.42. The van der Waals surface area contributed by atoms with E-state index >= 15 is 0 Å². The number of carbonyl (C=O) groups excluding carboxylic acids is 3. The lowest BCUT2D eigenvalue weighted by molar-refractivity contribution is 0.0924. The van der Waals surface area contributed by atoms with E-state index in [4.69, 9.17) is 5.73 Å². The largest absolute Gasteiger partial charge is 0.382 e. The first-order valence-corrected chi connectivity index (χ1v) is 13.2. The lowest BCUT2D eigenvalue weighted by Crippen LogP contribution is -2.50. The Morgan fingerprint density at radius 1 is 0.917 bits per heavy atom. The van der Waals surface area contributed by atoms with Crippen molar-refractivity contribution in [2.75, 3.05) is 10.2 Å². The maximum absolute atomic E-state index is 13.2. The average molecular weight is 490 g/mol. The molecule has 1 aromatic carbocycles. The Labute approximate surface area is 212 Å². The van der Waals surface area contributed by atoms with Crippen molar-refractivity contribution >= 4 is 29.1 Å². The minimum absolute atomic E-state index is 0.0133. The van der Waals surface area contributed by atoms with Gasteiger partial charge in [-0.15, -0.1) is 0 Å². The Morgan fingerprint density at radius 2 is 1.61 bits per heavy atom. The molecule has 3 heterocycles. The number of hydrogen-bond donors (Lipinski definition) is 3. The Balaban J connectivity index is 1.26. The van der Waals surface area contributed by atoms with Crippen molar-refractivity contribution in [2.45, 2.75) is 88.9 Å². The molecule has 2 bridgehead atoms. The molecule has 2 unspecified atom stereocenters. The van der Waals surface area contributed by atoms with Gasteiger partial charge < -0.3 is 21.3 Å². The van der Waals surface area contributed by atoms with Crippen LogP contribution in [0.3, 0.4) is 0 Å². The molecule has 3 aliphatic rings. The van der Waals surface area contributed by atoms with Crippen LogP contribution in [0, 0.1) is 0 Å². The number of fused-ring (bicyclic) bond motifs is 2. The quantitative estimate of drug-likeness (QED) is 0.505. The number of amides is 2. The number of nitrogens with zero attached hydrogens (tertiary/aromatic N) is 2. The number of ketones is 1. The number of nitrogens with one attached hydrogen (secondary N) is 2. The minimum Gasteiger partial charge on any atom is -0.382 e. The van der Waals surface area contributed by atoms with Crippen LogP contribution in [-0.4, -0.2) is 46.7 Å². The number of anilines is 2. The zero-order chi connectivity index (χ0) is 25.2. The van der Waals surface area contributed by atoms with Crippen LogP contribution in [0.2, 0.25) is 0 Å². The molecule has 0 radical (unpaired) electrons. The summed E-state index contributed by atoms with van der Waals surface area (Å²) in [6.07, 6.45) is 11.2. The molecule has 2 atom stereocenters. The summed E-state index contributed by atoms with van der Waals surface area (Å²) in [4.78, 5) is 43.7. The SMILES string of the molecule is CC(=O)c1ccc(N2C3CCC2CC(NC(=O)c2ccc(C(N)=O)c(NC4CCCCC4)c2)C3)nc1. The maximum Gasteiger partial charge on any atom is 0.251 e. The van der Waals surface area contributed by atoms with Crippen molar-refractivity contribution in [3.05, 3.63) is 53.2 Å². The topological polar surface area (TPSA) is 117 Å². The molecule has 2 saturated heterocycles. The van der Waals surface area contributed by atoms with Crippen LogP contribution >= 0.6 is 0 Å². The van der Waals surface area contributed by atoms with E-state index in [-0.39, 0.29) is 17.7 Å². The summed E-state index contributed by atoms with van der Waals surface area (Å²) in [5, 5.41) is 6.71. The highest BCUT2D eigenvalue weighted by molar-refractivity contribution is 6.02. The van der Waals surface area contributed by atoms with Crippen LogP contribution in [0.25, 0.3) is 0 Å². The third kappa shape index (κ3) is 5.08. The summed E-state index contributed by atoms with van der Waals surface area (Å²) < 4.78 is 0. The van der Waals surface area contributed by atoms with Crippen LogP contribution < -0.4 is 21.3 Å². The molecule has 4 N–H and O–H groups in total. The lowest BCUT2D eigenvalue weighted by Gasteiger charge is -2.40. The van der Waals surface area contributed by atoms with Gasteiger partial charge in [0, 0.05) is 47.2 Å². The monoisotopic (exact) mass is 489 g/mol. The zero-order valence-electron chi connectivity index (χ0n) is 20.8. The summed E-state index contributed by atoms with van der Waals surface area (Å²) in [6, 6.07) is 9.89. The van der Waals surface area contributed by atoms with Gasteiger partial charge in [-0.2, -0.15) is 0 Å². The highest BCUT2D eigenvalue weighted by Gasteiger charge is 2.41. The minimum atomic E-state index is -0.492. The number of Topliss-reactive ketones (excluding diaryl/α,β-unsaturated/α-hetero) is 1. The van der Waals surface area contributed by atoms with Gasteiger partial charge in [-0.05, 0) is 75.8 Å². The Kier molecular flexibility index (Phi) is 6.94. The summed E-state index contributed by atoms with van der Waals surface area (Å²) in [6.45, 7) is 1.55. The second kappa shape index (κ2) is 10.3. The van der Waals surface area contributed by atoms with Gasteiger partial charge in [0.15, 0.2) is 5.78 Å². The number of benzene rings is 1. The van der Waals surface area contributed by atoms with Gasteiger partial charge in [0.1, 0.15) is 5.82 Å². The van der Waals surface area contributed by atoms with Gasteiger partial charge in [0.25, 0.3) is 11.8 Å². The van der Waals surface area contributed by atoms with Crippen LogP contribution in [0.1, 0.15) is 95.8 Å². The maximum atomic E-state index is 13.2. The zero-order valence-corrected chi connectivity index (χ0v) is 20.8. The summed E-state index contributed by atoms with van der Waals surface area (Å²) in [5.41, 5.74) is 7.84. The van der Waals surface area contributed by atoms with Crippen molar-refractivity contribution in [2.24, 2.45) is 5.73 Å². The molecule has 3 fully saturated rings. The fourth-order valence-electron chi connectivity index (χ4n) is 6.17. The first kappa shape index (κ1) is 24.3. The normalized spacial score (nSPS) is 23.8. The molecule has 8 heteroatoms. The van der Waals surface area contributed by atoms with E-state index in [1.54, 1.807) is 31.3 Å². The molecule has 1 saturated carbocycles. The van der Waals surface area contributed by atoms with Gasteiger partial charge in [-0.25, -0.2) is 4.98 Å². The number of piperidine rings is 1. The van der Waals surface area contributed by atoms with Gasteiger partial charge in [0.05, 0.1) is 5.56 Å². The fourth-order valence-corrected chi connectivity index (χ4v) is 6.17. The van der Waals surface area contributed by atoms with Crippen LogP contribution in [-0.2, 0) is 0 Å². The summed E-state index contributed by atoms with van der Waals surface area (Å²) in [7, 11) is 0. The molecule has 0 spiro atoms. The number of rotatable bonds is 7. The van der Waals surface area contributed by atoms with E-state index in [2.05, 4.69) is 20.5 Å². The van der Waals surface area contributed by atoms with Gasteiger partial charge >= 0.3 is 0 Å². The standard InChI is InChI=1S/C28H35N5O3/c1-17(34)19-8-12-26(30-16-19)33-22-9-10-23(33)15-21(14-22)32-28(36)18-7-11-24(27(29)35)25(13-18)31-20-5-3-2-4-6-20/h7-8,11-13,16,20-23,31H,2-6,9-10,14-15H2,1H3,(H2,29,35)(H,32,36). The van der Waals surface area contributed by atoms with Crippen molar-refractivity contribution in [3.8, 4) is 0 Å². The third-order valence-corrected chi connectivity index (χ3v) is 8.00. The van der Waals surface area contributed by atoms with E-state index in [9.17, 15) is 14.4 Å². The van der Waals surface area contributed by atoms with Crippen LogP contribution in [0.15, 0.2) is 36.5 Å². The van der Waals surface area contributed by atoms with Gasteiger partial charge in [-0.3, -0.25) is 14.4 Å². The number of hydrogen-bond acceptors (Lipinski definition) is 6. The molecular weight excluding hydrogens is 454 g/mol. The molecule has 1 aliphatic carbocycles. The van der Waals surface area contributed by atoms with Crippen molar-refractivity contribution < 1.29 is 14.4 Å². The van der Waals surface area contributed by atoms with E-state index in [1.165, 1.54) is 19.3 Å². The second-order valence-electron chi connectivity index (χ2n) is 10.5. The molecule has 2 aliphatic heterocycles. The number of primary amides is 1. The molecule has 36 heavy (non-hydrogen) atoms. The van der Waals surface area contributed by atoms with E-state index in [0.29, 0.717) is 40.5 Å². The summed E-state index contributed by atoms with van der Waals surface area (Å²) >= 11 is 0. The van der Waals surface area contributed by atoms with E-state index in [1.807, 2.05) is 12.1 Å². The molecule has 2 amide bonds.